The monoisotopic (exact) mass is 316 g/mol. The molecule has 1 N–H and O–H groups in total. The molecule has 1 amide bonds. The molecule has 3 rings (SSSR count). The Morgan fingerprint density at radius 2 is 2.30 bits per heavy atom. The normalized spacial score (nSPS) is 20.6. The maximum atomic E-state index is 12.3. The molecular weight excluding hydrogens is 296 g/mol. The fraction of sp³-hybridized carbons (Fsp3) is 0.438. The van der Waals surface area contributed by atoms with Crippen molar-refractivity contribution in [2.75, 3.05) is 6.61 Å². The molecular formula is C16H20N4O3. The number of hydrogen-bond acceptors (Lipinski definition) is 4. The summed E-state index contributed by atoms with van der Waals surface area (Å²) in [4.78, 5) is 24.3. The largest absolute Gasteiger partial charge is 0.370 e. The average Bonchev–Trinajstić information content (AvgIpc) is 3.12. The molecule has 2 aromatic heterocycles. The van der Waals surface area contributed by atoms with Crippen LogP contribution in [0.15, 0.2) is 35.4 Å². The highest BCUT2D eigenvalue weighted by Gasteiger charge is 2.32. The predicted octanol–water partition coefficient (Wildman–Crippen LogP) is 0.537. The van der Waals surface area contributed by atoms with Gasteiger partial charge in [-0.1, -0.05) is 6.07 Å². The molecule has 1 saturated heterocycles. The van der Waals surface area contributed by atoms with E-state index in [1.807, 2.05) is 13.1 Å². The van der Waals surface area contributed by atoms with Crippen LogP contribution in [0.2, 0.25) is 0 Å². The van der Waals surface area contributed by atoms with Crippen molar-refractivity contribution < 1.29 is 9.53 Å². The molecule has 0 aromatic carbocycles. The molecule has 0 radical (unpaired) electrons. The van der Waals surface area contributed by atoms with Gasteiger partial charge in [-0.05, 0) is 25.5 Å². The van der Waals surface area contributed by atoms with Gasteiger partial charge in [0.05, 0.1) is 11.7 Å². The van der Waals surface area contributed by atoms with E-state index in [-0.39, 0.29) is 30.2 Å². The zero-order chi connectivity index (χ0) is 16.4. The summed E-state index contributed by atoms with van der Waals surface area (Å²) in [7, 11) is 1.85. The van der Waals surface area contributed by atoms with E-state index < -0.39 is 0 Å². The highest BCUT2D eigenvalue weighted by molar-refractivity contribution is 5.76. The van der Waals surface area contributed by atoms with Gasteiger partial charge in [0.1, 0.15) is 12.6 Å². The second kappa shape index (κ2) is 6.37. The molecule has 0 bridgehead atoms. The van der Waals surface area contributed by atoms with E-state index in [2.05, 4.69) is 10.4 Å². The molecule has 23 heavy (non-hydrogen) atoms. The summed E-state index contributed by atoms with van der Waals surface area (Å²) in [6.45, 7) is 2.33. The first-order valence-corrected chi connectivity index (χ1v) is 7.61. The van der Waals surface area contributed by atoms with Gasteiger partial charge < -0.3 is 14.6 Å². The van der Waals surface area contributed by atoms with Crippen molar-refractivity contribution in [2.45, 2.75) is 32.0 Å². The minimum absolute atomic E-state index is 0.00905. The molecule has 1 aliphatic heterocycles. The second-order valence-corrected chi connectivity index (χ2v) is 5.76. The maximum Gasteiger partial charge on any atom is 0.253 e. The van der Waals surface area contributed by atoms with Gasteiger partial charge in [0.25, 0.3) is 5.56 Å². The Morgan fingerprint density at radius 1 is 1.48 bits per heavy atom. The molecule has 1 fully saturated rings. The SMILES string of the molecule is Cc1cccn(CC(=O)N[C@H]2CCO[C@@H]2c2ccnn2C)c1=O. The number of rotatable bonds is 4. The Labute approximate surface area is 133 Å². The van der Waals surface area contributed by atoms with Crippen LogP contribution in [0.25, 0.3) is 0 Å². The zero-order valence-corrected chi connectivity index (χ0v) is 13.2. The van der Waals surface area contributed by atoms with Gasteiger partial charge in [-0.2, -0.15) is 5.10 Å². The minimum Gasteiger partial charge on any atom is -0.370 e. The summed E-state index contributed by atoms with van der Waals surface area (Å²) in [6.07, 6.45) is 3.87. The number of ether oxygens (including phenoxy) is 1. The van der Waals surface area contributed by atoms with Gasteiger partial charge in [-0.25, -0.2) is 0 Å². The lowest BCUT2D eigenvalue weighted by Gasteiger charge is -2.20. The van der Waals surface area contributed by atoms with Gasteiger partial charge in [-0.15, -0.1) is 0 Å². The van der Waals surface area contributed by atoms with E-state index in [9.17, 15) is 9.59 Å². The average molecular weight is 316 g/mol. The number of amides is 1. The first kappa shape index (κ1) is 15.5. The van der Waals surface area contributed by atoms with E-state index >= 15 is 0 Å². The summed E-state index contributed by atoms with van der Waals surface area (Å²) in [5.74, 6) is -0.194. The first-order valence-electron chi connectivity index (χ1n) is 7.61. The number of carbonyl (C=O) groups excluding carboxylic acids is 1. The quantitative estimate of drug-likeness (QED) is 0.893. The number of aryl methyl sites for hydroxylation is 2. The molecule has 3 heterocycles. The summed E-state index contributed by atoms with van der Waals surface area (Å²) in [5, 5.41) is 7.12. The first-order chi connectivity index (χ1) is 11.1. The summed E-state index contributed by atoms with van der Waals surface area (Å²) in [5.41, 5.74) is 1.41. The molecule has 122 valence electrons. The molecule has 0 spiro atoms. The van der Waals surface area contributed by atoms with Crippen LogP contribution in [0.4, 0.5) is 0 Å². The van der Waals surface area contributed by atoms with E-state index in [1.165, 1.54) is 4.57 Å². The number of aromatic nitrogens is 3. The zero-order valence-electron chi connectivity index (χ0n) is 13.2. The van der Waals surface area contributed by atoms with E-state index in [4.69, 9.17) is 4.74 Å². The highest BCUT2D eigenvalue weighted by Crippen LogP contribution is 2.28. The van der Waals surface area contributed by atoms with Crippen LogP contribution < -0.4 is 10.9 Å². The Hall–Kier alpha value is -2.41. The molecule has 2 atom stereocenters. The predicted molar refractivity (Wildman–Crippen MR) is 83.9 cm³/mol. The third kappa shape index (κ3) is 3.19. The summed E-state index contributed by atoms with van der Waals surface area (Å²) in [6, 6.07) is 5.28. The van der Waals surface area contributed by atoms with E-state index in [1.54, 1.807) is 36.1 Å². The Balaban J connectivity index is 1.69. The molecule has 2 aromatic rings. The van der Waals surface area contributed by atoms with E-state index in [0.29, 0.717) is 12.2 Å². The molecule has 0 unspecified atom stereocenters. The number of pyridine rings is 1. The number of nitrogens with zero attached hydrogens (tertiary/aromatic N) is 3. The minimum atomic E-state index is -0.208. The van der Waals surface area contributed by atoms with Gasteiger partial charge in [0, 0.05) is 31.6 Å². The van der Waals surface area contributed by atoms with Gasteiger partial charge in [0.2, 0.25) is 5.91 Å². The standard InChI is InChI=1S/C16H20N4O3/c1-11-4-3-8-20(16(11)22)10-14(21)18-12-6-9-23-15(12)13-5-7-17-19(13)2/h3-5,7-8,12,15H,6,9-10H2,1-2H3,(H,18,21)/t12-,15-/m0/s1. The van der Waals surface area contributed by atoms with Crippen molar-refractivity contribution in [3.05, 3.63) is 52.2 Å². The number of carbonyl (C=O) groups is 1. The van der Waals surface area contributed by atoms with Crippen molar-refractivity contribution in [1.29, 1.82) is 0 Å². The maximum absolute atomic E-state index is 12.3. The van der Waals surface area contributed by atoms with Gasteiger partial charge in [-0.3, -0.25) is 14.3 Å². The van der Waals surface area contributed by atoms with Crippen LogP contribution >= 0.6 is 0 Å². The smallest absolute Gasteiger partial charge is 0.253 e. The lowest BCUT2D eigenvalue weighted by atomic mass is 10.1. The van der Waals surface area contributed by atoms with Crippen LogP contribution in [-0.4, -0.2) is 32.9 Å². The Bertz CT molecular complexity index is 765. The molecule has 7 nitrogen and oxygen atoms in total. The summed E-state index contributed by atoms with van der Waals surface area (Å²) >= 11 is 0. The van der Waals surface area contributed by atoms with Crippen molar-refractivity contribution in [3.8, 4) is 0 Å². The molecule has 0 aliphatic carbocycles. The third-order valence-corrected chi connectivity index (χ3v) is 4.11. The van der Waals surface area contributed by atoms with Crippen LogP contribution in [0.3, 0.4) is 0 Å². The molecule has 7 heteroatoms. The summed E-state index contributed by atoms with van der Waals surface area (Å²) < 4.78 is 8.91. The van der Waals surface area contributed by atoms with Crippen LogP contribution in [0, 0.1) is 6.92 Å². The lowest BCUT2D eigenvalue weighted by Crippen LogP contribution is -2.40. The van der Waals surface area contributed by atoms with Crippen molar-refractivity contribution in [3.63, 3.8) is 0 Å². The molecule has 1 aliphatic rings. The fourth-order valence-electron chi connectivity index (χ4n) is 2.88. The lowest BCUT2D eigenvalue weighted by molar-refractivity contribution is -0.122. The highest BCUT2D eigenvalue weighted by atomic mass is 16.5. The Kier molecular flexibility index (Phi) is 4.29. The number of nitrogens with one attached hydrogen (secondary N) is 1. The van der Waals surface area contributed by atoms with Gasteiger partial charge >= 0.3 is 0 Å². The molecule has 0 saturated carbocycles. The van der Waals surface area contributed by atoms with Crippen molar-refractivity contribution in [1.82, 2.24) is 19.7 Å². The van der Waals surface area contributed by atoms with E-state index in [0.717, 1.165) is 12.1 Å². The van der Waals surface area contributed by atoms with Crippen molar-refractivity contribution in [2.24, 2.45) is 7.05 Å². The van der Waals surface area contributed by atoms with Crippen LogP contribution in [-0.2, 0) is 23.1 Å². The van der Waals surface area contributed by atoms with Crippen LogP contribution in [0.5, 0.6) is 0 Å². The second-order valence-electron chi connectivity index (χ2n) is 5.76. The third-order valence-electron chi connectivity index (χ3n) is 4.11. The Morgan fingerprint density at radius 3 is 3.04 bits per heavy atom. The number of hydrogen-bond donors (Lipinski definition) is 1. The fourth-order valence-corrected chi connectivity index (χ4v) is 2.88. The van der Waals surface area contributed by atoms with Crippen LogP contribution in [0.1, 0.15) is 23.8 Å². The van der Waals surface area contributed by atoms with Gasteiger partial charge in [0.15, 0.2) is 0 Å². The van der Waals surface area contributed by atoms with Crippen molar-refractivity contribution >= 4 is 5.91 Å². The topological polar surface area (TPSA) is 78.2 Å².